The van der Waals surface area contributed by atoms with Gasteiger partial charge in [0.25, 0.3) is 0 Å². The Morgan fingerprint density at radius 3 is 2.52 bits per heavy atom. The summed E-state index contributed by atoms with van der Waals surface area (Å²) in [6.07, 6.45) is 2.55. The van der Waals surface area contributed by atoms with Crippen LogP contribution in [0.1, 0.15) is 50.1 Å². The van der Waals surface area contributed by atoms with Crippen LogP contribution >= 0.6 is 11.8 Å². The molecule has 0 fully saturated rings. The fourth-order valence-corrected chi connectivity index (χ4v) is 4.50. The molecular formula is C23H30N4O3S. The topological polar surface area (TPSA) is 109 Å². The summed E-state index contributed by atoms with van der Waals surface area (Å²) in [6.45, 7) is 7.57. The van der Waals surface area contributed by atoms with Crippen LogP contribution in [0.15, 0.2) is 47.1 Å². The first-order chi connectivity index (χ1) is 14.8. The molecule has 0 radical (unpaired) electrons. The van der Waals surface area contributed by atoms with Gasteiger partial charge in [-0.25, -0.2) is 9.97 Å². The van der Waals surface area contributed by atoms with Crippen molar-refractivity contribution in [2.24, 2.45) is 5.92 Å². The number of hydrogen-bond donors (Lipinski definition) is 2. The zero-order valence-electron chi connectivity index (χ0n) is 18.4. The molecule has 0 spiro atoms. The molecule has 3 N–H and O–H groups in total. The van der Waals surface area contributed by atoms with E-state index in [1.54, 1.807) is 20.0 Å². The number of benzene rings is 1. The normalized spacial score (nSPS) is 13.0. The van der Waals surface area contributed by atoms with Crippen molar-refractivity contribution < 1.29 is 14.7 Å². The summed E-state index contributed by atoms with van der Waals surface area (Å²) < 4.78 is 0. The third-order valence-corrected chi connectivity index (χ3v) is 6.16. The number of carbonyl (C=O) groups is 2. The lowest BCUT2D eigenvalue weighted by molar-refractivity contribution is -0.117. The second-order valence-electron chi connectivity index (χ2n) is 7.60. The zero-order valence-corrected chi connectivity index (χ0v) is 19.2. The van der Waals surface area contributed by atoms with E-state index in [1.807, 2.05) is 44.2 Å². The number of aliphatic hydroxyl groups is 1. The Bertz CT molecular complexity index is 932. The average molecular weight is 443 g/mol. The number of amides is 1. The maximum atomic E-state index is 13.2. The summed E-state index contributed by atoms with van der Waals surface area (Å²) in [5, 5.41) is 9.56. The molecule has 0 saturated heterocycles. The number of hydrogen-bond acceptors (Lipinski definition) is 7. The van der Waals surface area contributed by atoms with E-state index in [0.717, 1.165) is 17.3 Å². The van der Waals surface area contributed by atoms with Crippen molar-refractivity contribution in [3.8, 4) is 0 Å². The predicted molar refractivity (Wildman–Crippen MR) is 124 cm³/mol. The van der Waals surface area contributed by atoms with Gasteiger partial charge < -0.3 is 15.7 Å². The second-order valence-corrected chi connectivity index (χ2v) is 8.70. The van der Waals surface area contributed by atoms with Gasteiger partial charge in [0.05, 0.1) is 12.5 Å². The van der Waals surface area contributed by atoms with Gasteiger partial charge in [0.1, 0.15) is 11.6 Å². The number of thioether (sulfide) groups is 1. The largest absolute Gasteiger partial charge is 0.396 e. The van der Waals surface area contributed by atoms with E-state index in [4.69, 9.17) is 5.73 Å². The van der Waals surface area contributed by atoms with Crippen LogP contribution in [-0.4, -0.2) is 38.1 Å². The molecule has 1 heterocycles. The number of aryl methyl sites for hydroxylation is 1. The quantitative estimate of drug-likeness (QED) is 0.541. The van der Waals surface area contributed by atoms with Gasteiger partial charge in [-0.05, 0) is 25.3 Å². The molecule has 1 aromatic heterocycles. The number of nitrogens with two attached hydrogens (primary N) is 1. The minimum Gasteiger partial charge on any atom is -0.396 e. The highest BCUT2D eigenvalue weighted by Crippen LogP contribution is 2.35. The minimum absolute atomic E-state index is 0.0203. The van der Waals surface area contributed by atoms with Gasteiger partial charge in [-0.1, -0.05) is 55.9 Å². The minimum atomic E-state index is -0.293. The van der Waals surface area contributed by atoms with Crippen molar-refractivity contribution in [1.82, 2.24) is 14.9 Å². The molecule has 31 heavy (non-hydrogen) atoms. The SMILES string of the molecule is CC(=C(CCO)SC(=O)C(c1ccccc1)C(C)C)N(C=O)Cc1cnc(C)nc1N. The first kappa shape index (κ1) is 24.6. The second kappa shape index (κ2) is 11.6. The monoisotopic (exact) mass is 442 g/mol. The van der Waals surface area contributed by atoms with E-state index in [-0.39, 0.29) is 36.5 Å². The summed E-state index contributed by atoms with van der Waals surface area (Å²) in [5.74, 6) is 0.667. The summed E-state index contributed by atoms with van der Waals surface area (Å²) >= 11 is 1.09. The number of anilines is 1. The van der Waals surface area contributed by atoms with Gasteiger partial charge in [-0.15, -0.1) is 0 Å². The van der Waals surface area contributed by atoms with Gasteiger partial charge in [-0.2, -0.15) is 0 Å². The third kappa shape index (κ3) is 6.63. The molecule has 0 aliphatic heterocycles. The maximum Gasteiger partial charge on any atom is 0.214 e. The van der Waals surface area contributed by atoms with Gasteiger partial charge in [0.15, 0.2) is 0 Å². The van der Waals surface area contributed by atoms with Crippen molar-refractivity contribution >= 4 is 29.1 Å². The molecule has 1 unspecified atom stereocenters. The van der Waals surface area contributed by atoms with E-state index < -0.39 is 0 Å². The van der Waals surface area contributed by atoms with Gasteiger partial charge >= 0.3 is 0 Å². The number of rotatable bonds is 10. The van der Waals surface area contributed by atoms with E-state index in [0.29, 0.717) is 34.2 Å². The van der Waals surface area contributed by atoms with Crippen LogP contribution in [0.2, 0.25) is 0 Å². The molecule has 7 nitrogen and oxygen atoms in total. The van der Waals surface area contributed by atoms with Crippen LogP contribution in [0.25, 0.3) is 0 Å². The molecule has 1 amide bonds. The Kier molecular flexibility index (Phi) is 9.21. The summed E-state index contributed by atoms with van der Waals surface area (Å²) in [4.78, 5) is 35.5. The number of aliphatic hydroxyl groups excluding tert-OH is 1. The summed E-state index contributed by atoms with van der Waals surface area (Å²) in [5.41, 5.74) is 8.13. The van der Waals surface area contributed by atoms with Crippen molar-refractivity contribution in [2.45, 2.75) is 46.6 Å². The van der Waals surface area contributed by atoms with Crippen molar-refractivity contribution in [3.05, 3.63) is 64.1 Å². The van der Waals surface area contributed by atoms with Crippen LogP contribution in [0, 0.1) is 12.8 Å². The van der Waals surface area contributed by atoms with E-state index in [2.05, 4.69) is 9.97 Å². The average Bonchev–Trinajstić information content (AvgIpc) is 2.73. The Hall–Kier alpha value is -2.71. The highest BCUT2D eigenvalue weighted by atomic mass is 32.2. The molecule has 1 atom stereocenters. The van der Waals surface area contributed by atoms with Crippen LogP contribution < -0.4 is 5.73 Å². The van der Waals surface area contributed by atoms with E-state index >= 15 is 0 Å². The molecule has 0 aliphatic rings. The molecule has 2 rings (SSSR count). The van der Waals surface area contributed by atoms with Crippen LogP contribution in [0.3, 0.4) is 0 Å². The summed E-state index contributed by atoms with van der Waals surface area (Å²) in [6, 6.07) is 9.65. The molecule has 0 bridgehead atoms. The molecular weight excluding hydrogens is 412 g/mol. The highest BCUT2D eigenvalue weighted by molar-refractivity contribution is 8.17. The van der Waals surface area contributed by atoms with Gasteiger partial charge in [-0.3, -0.25) is 9.59 Å². The fourth-order valence-electron chi connectivity index (χ4n) is 3.26. The fraction of sp³-hybridized carbons (Fsp3) is 0.391. The van der Waals surface area contributed by atoms with Crippen LogP contribution in [-0.2, 0) is 16.1 Å². The van der Waals surface area contributed by atoms with Crippen molar-refractivity contribution in [1.29, 1.82) is 0 Å². The van der Waals surface area contributed by atoms with Crippen molar-refractivity contribution in [2.75, 3.05) is 12.3 Å². The first-order valence-corrected chi connectivity index (χ1v) is 11.0. The number of nitrogens with zero attached hydrogens (tertiary/aromatic N) is 3. The Morgan fingerprint density at radius 2 is 1.97 bits per heavy atom. The molecule has 0 saturated carbocycles. The molecule has 1 aromatic carbocycles. The van der Waals surface area contributed by atoms with Crippen LogP contribution in [0.5, 0.6) is 0 Å². The molecule has 0 aliphatic carbocycles. The summed E-state index contributed by atoms with van der Waals surface area (Å²) in [7, 11) is 0. The number of aromatic nitrogens is 2. The smallest absolute Gasteiger partial charge is 0.214 e. The number of carbonyl (C=O) groups excluding carboxylic acids is 2. The Labute approximate surface area is 187 Å². The molecule has 166 valence electrons. The van der Waals surface area contributed by atoms with Crippen molar-refractivity contribution in [3.63, 3.8) is 0 Å². The van der Waals surface area contributed by atoms with E-state index in [1.165, 1.54) is 4.90 Å². The predicted octanol–water partition coefficient (Wildman–Crippen LogP) is 3.64. The van der Waals surface area contributed by atoms with Gasteiger partial charge in [0, 0.05) is 35.4 Å². The lowest BCUT2D eigenvalue weighted by atomic mass is 9.90. The molecule has 2 aromatic rings. The maximum absolute atomic E-state index is 13.2. The third-order valence-electron chi connectivity index (χ3n) is 4.96. The Balaban J connectivity index is 2.31. The highest BCUT2D eigenvalue weighted by Gasteiger charge is 2.26. The van der Waals surface area contributed by atoms with E-state index in [9.17, 15) is 14.7 Å². The Morgan fingerprint density at radius 1 is 1.29 bits per heavy atom. The lowest BCUT2D eigenvalue weighted by Crippen LogP contribution is -2.23. The van der Waals surface area contributed by atoms with Crippen LogP contribution in [0.4, 0.5) is 5.82 Å². The first-order valence-electron chi connectivity index (χ1n) is 10.2. The van der Waals surface area contributed by atoms with Gasteiger partial charge in [0.2, 0.25) is 11.5 Å². The lowest BCUT2D eigenvalue weighted by Gasteiger charge is -2.24. The standard InChI is InChI=1S/C23H30N4O3S/c1-15(2)21(18-8-6-5-7-9-18)23(30)31-20(10-11-28)16(3)27(14-29)13-19-12-25-17(4)26-22(19)24/h5-9,12,14-15,21,28H,10-11,13H2,1-4H3,(H2,24,25,26). The molecule has 8 heteroatoms. The number of nitrogen functional groups attached to an aromatic ring is 1. The number of allylic oxidation sites excluding steroid dienone is 1. The zero-order chi connectivity index (χ0) is 23.0.